The van der Waals surface area contributed by atoms with Crippen molar-refractivity contribution in [2.24, 2.45) is 0 Å². The Labute approximate surface area is 203 Å². The van der Waals surface area contributed by atoms with Crippen LogP contribution in [0.5, 0.6) is 5.75 Å². The molecule has 5 rings (SSSR count). The lowest BCUT2D eigenvalue weighted by Crippen LogP contribution is -2.29. The fourth-order valence-electron chi connectivity index (χ4n) is 4.14. The topological polar surface area (TPSA) is 92.6 Å². The van der Waals surface area contributed by atoms with Gasteiger partial charge >= 0.3 is 5.91 Å². The summed E-state index contributed by atoms with van der Waals surface area (Å²) in [6.07, 6.45) is 0.713. The van der Waals surface area contributed by atoms with Gasteiger partial charge in [-0.05, 0) is 55.3 Å². The molecule has 2 aliphatic heterocycles. The molecule has 0 radical (unpaired) electrons. The Hall–Kier alpha value is -2.94. The molecule has 0 bridgehead atoms. The summed E-state index contributed by atoms with van der Waals surface area (Å²) in [6.45, 7) is 3.71. The minimum Gasteiger partial charge on any atom is -0.507 e. The molecule has 1 amide bonds. The van der Waals surface area contributed by atoms with Gasteiger partial charge in [-0.15, -0.1) is 10.2 Å². The standard InChI is InChI=1S/C23H17Cl2N3O4S/c1-10-7-14-8-13(4-6-17(14)32-10)20(29)18-19(12-3-5-15(24)16(25)9-12)28(22(31)21(18)30)23-27-26-11(2)33-23/h3-6,8-10,19,29H,7H2,1-2H3/t10-,19-/m1/s1. The Morgan fingerprint density at radius 1 is 1.15 bits per heavy atom. The molecule has 1 N–H and O–H groups in total. The van der Waals surface area contributed by atoms with Gasteiger partial charge in [-0.25, -0.2) is 0 Å². The van der Waals surface area contributed by atoms with Gasteiger partial charge in [-0.3, -0.25) is 14.5 Å². The highest BCUT2D eigenvalue weighted by Crippen LogP contribution is 2.44. The normalized spacial score (nSPS) is 21.4. The maximum absolute atomic E-state index is 13.2. The molecule has 3 heterocycles. The van der Waals surface area contributed by atoms with Gasteiger partial charge in [-0.2, -0.15) is 0 Å². The van der Waals surface area contributed by atoms with E-state index in [2.05, 4.69) is 10.2 Å². The highest BCUT2D eigenvalue weighted by Gasteiger charge is 2.48. The summed E-state index contributed by atoms with van der Waals surface area (Å²) in [5.74, 6) is -1.16. The van der Waals surface area contributed by atoms with Crippen LogP contribution in [0.3, 0.4) is 0 Å². The van der Waals surface area contributed by atoms with Crippen molar-refractivity contribution in [2.75, 3.05) is 4.90 Å². The van der Waals surface area contributed by atoms with E-state index < -0.39 is 17.7 Å². The fourth-order valence-corrected chi connectivity index (χ4v) is 5.16. The zero-order valence-corrected chi connectivity index (χ0v) is 19.8. The number of hydrogen-bond acceptors (Lipinski definition) is 7. The van der Waals surface area contributed by atoms with Gasteiger partial charge in [0.1, 0.15) is 22.6 Å². The van der Waals surface area contributed by atoms with Gasteiger partial charge in [0.05, 0.1) is 21.7 Å². The average molecular weight is 502 g/mol. The lowest BCUT2D eigenvalue weighted by atomic mass is 9.94. The average Bonchev–Trinajstić information content (AvgIpc) is 3.44. The highest BCUT2D eigenvalue weighted by atomic mass is 35.5. The zero-order chi connectivity index (χ0) is 23.4. The largest absolute Gasteiger partial charge is 0.507 e. The number of ketones is 1. The summed E-state index contributed by atoms with van der Waals surface area (Å²) in [4.78, 5) is 27.6. The Bertz CT molecular complexity index is 1350. The molecule has 168 valence electrons. The van der Waals surface area contributed by atoms with Crippen molar-refractivity contribution in [3.63, 3.8) is 0 Å². The second-order valence-electron chi connectivity index (χ2n) is 7.90. The number of ether oxygens (including phenoxy) is 1. The van der Waals surface area contributed by atoms with Crippen molar-refractivity contribution in [1.82, 2.24) is 10.2 Å². The first-order valence-electron chi connectivity index (χ1n) is 10.1. The molecule has 2 aliphatic rings. The minimum absolute atomic E-state index is 0.0276. The zero-order valence-electron chi connectivity index (χ0n) is 17.5. The van der Waals surface area contributed by atoms with Gasteiger partial charge in [0.2, 0.25) is 5.13 Å². The van der Waals surface area contributed by atoms with Crippen molar-refractivity contribution in [3.05, 3.63) is 73.7 Å². The summed E-state index contributed by atoms with van der Waals surface area (Å²) in [7, 11) is 0. The number of aliphatic hydroxyl groups excluding tert-OH is 1. The number of rotatable bonds is 3. The van der Waals surface area contributed by atoms with Crippen molar-refractivity contribution < 1.29 is 19.4 Å². The van der Waals surface area contributed by atoms with Gasteiger partial charge in [0.25, 0.3) is 5.78 Å². The molecule has 1 saturated heterocycles. The van der Waals surface area contributed by atoms with Gasteiger partial charge in [-0.1, -0.05) is 40.6 Å². The van der Waals surface area contributed by atoms with Crippen LogP contribution in [0.4, 0.5) is 5.13 Å². The van der Waals surface area contributed by atoms with Crippen LogP contribution in [-0.2, 0) is 16.0 Å². The van der Waals surface area contributed by atoms with Crippen LogP contribution < -0.4 is 9.64 Å². The molecule has 0 aliphatic carbocycles. The lowest BCUT2D eigenvalue weighted by Gasteiger charge is -2.23. The first-order valence-corrected chi connectivity index (χ1v) is 11.7. The maximum atomic E-state index is 13.2. The molecular weight excluding hydrogens is 485 g/mol. The smallest absolute Gasteiger partial charge is 0.301 e. The summed E-state index contributed by atoms with van der Waals surface area (Å²) in [5.41, 5.74) is 1.80. The molecular formula is C23H17Cl2N3O4S. The fraction of sp³-hybridized carbons (Fsp3) is 0.217. The van der Waals surface area contributed by atoms with E-state index in [0.717, 1.165) is 11.3 Å². The number of carbonyl (C=O) groups excluding carboxylic acids is 2. The predicted octanol–water partition coefficient (Wildman–Crippen LogP) is 5.10. The third-order valence-electron chi connectivity index (χ3n) is 5.59. The van der Waals surface area contributed by atoms with Crippen molar-refractivity contribution in [3.8, 4) is 5.75 Å². The number of amides is 1. The Morgan fingerprint density at radius 2 is 1.94 bits per heavy atom. The molecule has 2 atom stereocenters. The van der Waals surface area contributed by atoms with Crippen LogP contribution >= 0.6 is 34.5 Å². The van der Waals surface area contributed by atoms with Crippen LogP contribution in [0.15, 0.2) is 42.0 Å². The maximum Gasteiger partial charge on any atom is 0.301 e. The van der Waals surface area contributed by atoms with Gasteiger partial charge in [0.15, 0.2) is 0 Å². The molecule has 33 heavy (non-hydrogen) atoms. The lowest BCUT2D eigenvalue weighted by molar-refractivity contribution is -0.132. The number of aromatic nitrogens is 2. The first kappa shape index (κ1) is 21.9. The van der Waals surface area contributed by atoms with Crippen LogP contribution in [0.1, 0.15) is 34.7 Å². The third-order valence-corrected chi connectivity index (χ3v) is 7.17. The minimum atomic E-state index is -0.949. The number of benzene rings is 2. The Morgan fingerprint density at radius 3 is 2.64 bits per heavy atom. The third kappa shape index (κ3) is 3.68. The number of aliphatic hydroxyl groups is 1. The molecule has 1 fully saturated rings. The van der Waals surface area contributed by atoms with Crippen LogP contribution in [0.25, 0.3) is 5.76 Å². The van der Waals surface area contributed by atoms with Gasteiger partial charge < -0.3 is 9.84 Å². The number of carbonyl (C=O) groups is 2. The summed E-state index contributed by atoms with van der Waals surface area (Å²) in [5, 5.41) is 20.8. The van der Waals surface area contributed by atoms with E-state index in [1.807, 2.05) is 6.92 Å². The first-order chi connectivity index (χ1) is 15.7. The number of nitrogens with zero attached hydrogens (tertiary/aromatic N) is 3. The van der Waals surface area contributed by atoms with E-state index in [0.29, 0.717) is 27.6 Å². The summed E-state index contributed by atoms with van der Waals surface area (Å²) < 4.78 is 5.73. The molecule has 3 aromatic rings. The molecule has 0 spiro atoms. The van der Waals surface area contributed by atoms with Crippen molar-refractivity contribution >= 4 is 57.1 Å². The number of hydrogen-bond donors (Lipinski definition) is 1. The van der Waals surface area contributed by atoms with Crippen LogP contribution in [0, 0.1) is 6.92 Å². The SMILES string of the molecule is Cc1nnc(N2C(=O)C(=O)C(=C(O)c3ccc4c(c3)C[C@@H](C)O4)[C@H]2c2ccc(Cl)c(Cl)c2)s1. The monoisotopic (exact) mass is 501 g/mol. The quantitative estimate of drug-likeness (QED) is 0.304. The number of anilines is 1. The molecule has 1 aromatic heterocycles. The number of Topliss-reactive ketones (excluding diaryl/α,β-unsaturated/α-hetero) is 1. The molecule has 2 aromatic carbocycles. The van der Waals surface area contributed by atoms with E-state index in [9.17, 15) is 14.7 Å². The van der Waals surface area contributed by atoms with Gasteiger partial charge in [0, 0.05) is 12.0 Å². The highest BCUT2D eigenvalue weighted by molar-refractivity contribution is 7.15. The van der Waals surface area contributed by atoms with Crippen LogP contribution in [-0.4, -0.2) is 33.1 Å². The Balaban J connectivity index is 1.70. The molecule has 0 saturated carbocycles. The number of aryl methyl sites for hydroxylation is 1. The second kappa shape index (κ2) is 8.13. The summed E-state index contributed by atoms with van der Waals surface area (Å²) >= 11 is 13.5. The van der Waals surface area contributed by atoms with E-state index in [1.165, 1.54) is 16.2 Å². The predicted molar refractivity (Wildman–Crippen MR) is 126 cm³/mol. The number of halogens is 2. The number of fused-ring (bicyclic) bond motifs is 1. The Kier molecular flexibility index (Phi) is 5.39. The van der Waals surface area contributed by atoms with Crippen molar-refractivity contribution in [1.29, 1.82) is 0 Å². The van der Waals surface area contributed by atoms with Crippen LogP contribution in [0.2, 0.25) is 10.0 Å². The molecule has 10 heteroatoms. The second-order valence-corrected chi connectivity index (χ2v) is 9.88. The van der Waals surface area contributed by atoms with E-state index >= 15 is 0 Å². The summed E-state index contributed by atoms with van der Waals surface area (Å²) in [6, 6.07) is 9.08. The molecule has 7 nitrogen and oxygen atoms in total. The van der Waals surface area contributed by atoms with E-state index in [-0.39, 0.29) is 27.6 Å². The van der Waals surface area contributed by atoms with Crippen molar-refractivity contribution in [2.45, 2.75) is 32.4 Å². The van der Waals surface area contributed by atoms with E-state index in [1.54, 1.807) is 43.3 Å². The molecule has 0 unspecified atom stereocenters. The van der Waals surface area contributed by atoms with E-state index in [4.69, 9.17) is 27.9 Å².